The first-order valence-corrected chi connectivity index (χ1v) is 11.9. The van der Waals surface area contributed by atoms with Gasteiger partial charge in [-0.2, -0.15) is 0 Å². The highest BCUT2D eigenvalue weighted by molar-refractivity contribution is 7.65. The highest BCUT2D eigenvalue weighted by atomic mass is 31.2. The number of nitrogens with zero attached hydrogens (tertiary/aromatic N) is 1. The fraction of sp³-hybridized carbons (Fsp3) is 0.727. The molecule has 4 nitrogen and oxygen atoms in total. The Labute approximate surface area is 166 Å². The smallest absolute Gasteiger partial charge is 0.300 e. The molecule has 1 aliphatic rings. The second kappa shape index (κ2) is 8.68. The summed E-state index contributed by atoms with van der Waals surface area (Å²) in [5.41, 5.74) is 0.788. The van der Waals surface area contributed by atoms with E-state index in [0.29, 0.717) is 17.8 Å². The molecule has 0 saturated heterocycles. The van der Waals surface area contributed by atoms with Crippen molar-refractivity contribution in [3.8, 4) is 0 Å². The average Bonchev–Trinajstić information content (AvgIpc) is 2.52. The topological polar surface area (TPSA) is 41.6 Å². The molecular formula is C22H39N2O2P. The number of hydrogen-bond acceptors (Lipinski definition) is 3. The zero-order chi connectivity index (χ0) is 20.4. The second-order valence-corrected chi connectivity index (χ2v) is 11.8. The highest BCUT2D eigenvalue weighted by Gasteiger charge is 2.39. The molecular weight excluding hydrogens is 355 g/mol. The Balaban J connectivity index is 2.36. The lowest BCUT2D eigenvalue weighted by Gasteiger charge is -2.40. The van der Waals surface area contributed by atoms with Gasteiger partial charge in [-0.15, -0.1) is 0 Å². The van der Waals surface area contributed by atoms with E-state index in [0.717, 1.165) is 23.8 Å². The summed E-state index contributed by atoms with van der Waals surface area (Å²) in [6, 6.07) is 7.93. The van der Waals surface area contributed by atoms with Gasteiger partial charge >= 0.3 is 0 Å². The summed E-state index contributed by atoms with van der Waals surface area (Å²) in [5, 5.41) is 4.09. The van der Waals surface area contributed by atoms with Crippen molar-refractivity contribution in [2.24, 2.45) is 17.8 Å². The van der Waals surface area contributed by atoms with E-state index in [1.807, 2.05) is 64.0 Å². The van der Waals surface area contributed by atoms with Crippen LogP contribution in [0.1, 0.15) is 60.8 Å². The van der Waals surface area contributed by atoms with Crippen molar-refractivity contribution in [1.29, 1.82) is 0 Å². The molecule has 1 saturated carbocycles. The fourth-order valence-electron chi connectivity index (χ4n) is 3.97. The number of rotatable bonds is 6. The van der Waals surface area contributed by atoms with Crippen molar-refractivity contribution in [1.82, 2.24) is 5.09 Å². The predicted molar refractivity (Wildman–Crippen MR) is 117 cm³/mol. The molecule has 2 rings (SSSR count). The van der Waals surface area contributed by atoms with Crippen molar-refractivity contribution >= 4 is 18.5 Å². The van der Waals surface area contributed by atoms with E-state index in [-0.39, 0.29) is 11.6 Å². The summed E-state index contributed by atoms with van der Waals surface area (Å²) in [7, 11) is 0.834. The van der Waals surface area contributed by atoms with Crippen LogP contribution in [-0.2, 0) is 9.09 Å². The van der Waals surface area contributed by atoms with Crippen LogP contribution in [0, 0.1) is 17.8 Å². The van der Waals surface area contributed by atoms with Crippen LogP contribution >= 0.6 is 7.52 Å². The van der Waals surface area contributed by atoms with Gasteiger partial charge in [0.2, 0.25) is 0 Å². The third-order valence-electron chi connectivity index (χ3n) is 5.43. The number of hydrogen-bond donors (Lipinski definition) is 1. The van der Waals surface area contributed by atoms with Crippen molar-refractivity contribution in [3.63, 3.8) is 0 Å². The molecule has 5 heteroatoms. The van der Waals surface area contributed by atoms with Gasteiger partial charge in [-0.25, -0.2) is 5.09 Å². The van der Waals surface area contributed by atoms with Gasteiger partial charge in [-0.05, 0) is 75.6 Å². The van der Waals surface area contributed by atoms with Gasteiger partial charge in [-0.3, -0.25) is 4.57 Å². The molecule has 1 fully saturated rings. The second-order valence-electron chi connectivity index (χ2n) is 9.79. The minimum atomic E-state index is -3.18. The summed E-state index contributed by atoms with van der Waals surface area (Å²) >= 11 is 0. The largest absolute Gasteiger partial charge is 0.378 e. The molecule has 0 bridgehead atoms. The fourth-order valence-corrected chi connectivity index (χ4v) is 6.32. The van der Waals surface area contributed by atoms with E-state index in [4.69, 9.17) is 4.52 Å². The third-order valence-corrected chi connectivity index (χ3v) is 7.94. The van der Waals surface area contributed by atoms with Gasteiger partial charge in [0.15, 0.2) is 0 Å². The van der Waals surface area contributed by atoms with Crippen molar-refractivity contribution in [2.75, 3.05) is 19.0 Å². The Kier molecular flexibility index (Phi) is 7.22. The Morgan fingerprint density at radius 3 is 2.22 bits per heavy atom. The van der Waals surface area contributed by atoms with Crippen molar-refractivity contribution < 1.29 is 9.09 Å². The number of anilines is 1. The van der Waals surface area contributed by atoms with E-state index in [1.54, 1.807) is 0 Å². The third kappa shape index (κ3) is 6.07. The van der Waals surface area contributed by atoms with Crippen LogP contribution in [-0.4, -0.2) is 25.7 Å². The van der Waals surface area contributed by atoms with Crippen LogP contribution in [0.15, 0.2) is 24.3 Å². The van der Waals surface area contributed by atoms with Gasteiger partial charge in [0.25, 0.3) is 7.52 Å². The molecule has 0 unspecified atom stereocenters. The molecule has 27 heavy (non-hydrogen) atoms. The SMILES string of the molecule is CC(C)[C@H]1CC[C@@H](C)C[C@H]1O[P@](=O)(NC(C)(C)C)c1ccc(N(C)C)cc1. The molecule has 1 aliphatic carbocycles. The number of benzene rings is 1. The lowest BCUT2D eigenvalue weighted by molar-refractivity contribution is 0.0474. The van der Waals surface area contributed by atoms with Gasteiger partial charge in [0.1, 0.15) is 0 Å². The summed E-state index contributed by atoms with van der Waals surface area (Å²) in [6.45, 7) is 12.9. The molecule has 0 amide bonds. The van der Waals surface area contributed by atoms with Crippen LogP contribution in [0.5, 0.6) is 0 Å². The van der Waals surface area contributed by atoms with Crippen molar-refractivity contribution in [2.45, 2.75) is 72.4 Å². The standard InChI is InChI=1S/C22H39N2O2P/c1-16(2)20-14-9-17(3)15-21(20)26-27(25,23-22(4,5)6)19-12-10-18(11-13-19)24(7)8/h10-13,16-17,20-21H,9,14-15H2,1-8H3,(H,23,25)/t17-,20-,21-,27+/m1/s1. The first-order chi connectivity index (χ1) is 12.4. The van der Waals surface area contributed by atoms with Crippen LogP contribution in [0.4, 0.5) is 5.69 Å². The van der Waals surface area contributed by atoms with E-state index >= 15 is 0 Å². The van der Waals surface area contributed by atoms with Gasteiger partial charge < -0.3 is 9.42 Å². The monoisotopic (exact) mass is 394 g/mol. The maximum absolute atomic E-state index is 14.1. The first-order valence-electron chi connectivity index (χ1n) is 10.3. The maximum atomic E-state index is 14.1. The quantitative estimate of drug-likeness (QED) is 0.653. The Morgan fingerprint density at radius 1 is 1.15 bits per heavy atom. The zero-order valence-corrected chi connectivity index (χ0v) is 19.3. The maximum Gasteiger partial charge on any atom is 0.300 e. The molecule has 0 heterocycles. The molecule has 0 spiro atoms. The summed E-state index contributed by atoms with van der Waals surface area (Å²) in [4.78, 5) is 2.05. The normalized spacial score (nSPS) is 26.0. The molecule has 1 N–H and O–H groups in total. The summed E-state index contributed by atoms with van der Waals surface area (Å²) < 4.78 is 20.6. The molecule has 0 radical (unpaired) electrons. The Bertz CT molecular complexity index is 649. The lowest BCUT2D eigenvalue weighted by Crippen LogP contribution is -2.41. The molecule has 154 valence electrons. The van der Waals surface area contributed by atoms with E-state index in [2.05, 4.69) is 25.9 Å². The highest BCUT2D eigenvalue weighted by Crippen LogP contribution is 2.49. The Hall–Kier alpha value is -0.830. The van der Waals surface area contributed by atoms with Crippen LogP contribution in [0.2, 0.25) is 0 Å². The first kappa shape index (κ1) is 22.5. The van der Waals surface area contributed by atoms with Gasteiger partial charge in [0, 0.05) is 25.3 Å². The van der Waals surface area contributed by atoms with Crippen LogP contribution in [0.25, 0.3) is 0 Å². The summed E-state index contributed by atoms with van der Waals surface area (Å²) in [5.74, 6) is 1.60. The van der Waals surface area contributed by atoms with E-state index in [9.17, 15) is 4.57 Å². The van der Waals surface area contributed by atoms with Crippen LogP contribution in [0.3, 0.4) is 0 Å². The van der Waals surface area contributed by atoms with Gasteiger partial charge in [0.05, 0.1) is 11.4 Å². The lowest BCUT2D eigenvalue weighted by atomic mass is 9.75. The molecule has 1 aromatic carbocycles. The Morgan fingerprint density at radius 2 is 1.74 bits per heavy atom. The molecule has 0 aliphatic heterocycles. The van der Waals surface area contributed by atoms with Crippen LogP contribution < -0.4 is 15.3 Å². The molecule has 1 aromatic rings. The van der Waals surface area contributed by atoms with E-state index in [1.165, 1.54) is 6.42 Å². The average molecular weight is 395 g/mol. The zero-order valence-electron chi connectivity index (χ0n) is 18.5. The summed E-state index contributed by atoms with van der Waals surface area (Å²) in [6.07, 6.45) is 3.40. The minimum Gasteiger partial charge on any atom is -0.378 e. The molecule has 4 atom stereocenters. The number of nitrogens with one attached hydrogen (secondary N) is 1. The molecule has 0 aromatic heterocycles. The minimum absolute atomic E-state index is 0.0305. The predicted octanol–water partition coefficient (Wildman–Crippen LogP) is 5.44. The van der Waals surface area contributed by atoms with Gasteiger partial charge in [-0.1, -0.05) is 27.2 Å². The van der Waals surface area contributed by atoms with Crippen molar-refractivity contribution in [3.05, 3.63) is 24.3 Å². The van der Waals surface area contributed by atoms with E-state index < -0.39 is 7.52 Å².